The maximum Gasteiger partial charge on any atom is 0.181 e. The van der Waals surface area contributed by atoms with Crippen LogP contribution in [0.25, 0.3) is 10.9 Å². The average Bonchev–Trinajstić information content (AvgIpc) is 3.16. The number of sulfone groups is 1. The molecule has 30 heavy (non-hydrogen) atoms. The number of amidine groups is 1. The van der Waals surface area contributed by atoms with Crippen molar-refractivity contribution < 1.29 is 17.5 Å². The van der Waals surface area contributed by atoms with Crippen LogP contribution in [0.5, 0.6) is 0 Å². The van der Waals surface area contributed by atoms with Crippen LogP contribution >= 0.6 is 0 Å². The fourth-order valence-electron chi connectivity index (χ4n) is 3.98. The minimum Gasteiger partial charge on any atom is -0.381 e. The molecule has 0 amide bonds. The van der Waals surface area contributed by atoms with Crippen LogP contribution in [0.15, 0.2) is 58.5 Å². The van der Waals surface area contributed by atoms with E-state index in [0.29, 0.717) is 60.6 Å². The number of nitrogens with zero attached hydrogens (tertiary/aromatic N) is 2. The Kier molecular flexibility index (Phi) is 4.75. The van der Waals surface area contributed by atoms with Crippen molar-refractivity contribution in [1.82, 2.24) is 4.98 Å². The lowest BCUT2D eigenvalue weighted by Crippen LogP contribution is -2.28. The van der Waals surface area contributed by atoms with Gasteiger partial charge in [0, 0.05) is 30.4 Å². The predicted molar refractivity (Wildman–Crippen MR) is 113 cm³/mol. The molecule has 2 aliphatic heterocycles. The summed E-state index contributed by atoms with van der Waals surface area (Å²) in [7, 11) is -3.47. The van der Waals surface area contributed by atoms with E-state index >= 15 is 0 Å². The first-order valence-electron chi connectivity index (χ1n) is 9.83. The van der Waals surface area contributed by atoms with Crippen LogP contribution in [-0.4, -0.2) is 37.7 Å². The maximum atomic E-state index is 13.7. The third-order valence-corrected chi connectivity index (χ3v) is 7.90. The number of anilines is 1. The molecular weight excluding hydrogens is 405 g/mol. The Morgan fingerprint density at radius 2 is 1.90 bits per heavy atom. The number of halogens is 1. The summed E-state index contributed by atoms with van der Waals surface area (Å²) in [6.45, 7) is 1.40. The Balaban J connectivity index is 1.53. The van der Waals surface area contributed by atoms with Gasteiger partial charge in [0.05, 0.1) is 27.9 Å². The zero-order chi connectivity index (χ0) is 20.7. The molecule has 2 aliphatic rings. The Morgan fingerprint density at radius 3 is 2.73 bits per heavy atom. The molecule has 0 radical (unpaired) electrons. The summed E-state index contributed by atoms with van der Waals surface area (Å²) in [5.41, 5.74) is 3.01. The number of fused-ring (bicyclic) bond motifs is 2. The Labute approximate surface area is 173 Å². The number of benzene rings is 2. The third kappa shape index (κ3) is 3.36. The number of rotatable bonds is 3. The van der Waals surface area contributed by atoms with E-state index in [0.717, 1.165) is 5.56 Å². The maximum absolute atomic E-state index is 13.7. The lowest BCUT2D eigenvalue weighted by Gasteiger charge is -2.22. The molecule has 6 nitrogen and oxygen atoms in total. The van der Waals surface area contributed by atoms with Crippen LogP contribution in [0, 0.1) is 5.82 Å². The van der Waals surface area contributed by atoms with E-state index in [1.807, 2.05) is 0 Å². The van der Waals surface area contributed by atoms with Gasteiger partial charge >= 0.3 is 0 Å². The molecule has 0 bridgehead atoms. The number of hydrogen-bond donors (Lipinski definition) is 1. The van der Waals surface area contributed by atoms with Crippen LogP contribution < -0.4 is 5.32 Å². The van der Waals surface area contributed by atoms with E-state index in [4.69, 9.17) is 4.74 Å². The van der Waals surface area contributed by atoms with Gasteiger partial charge in [0.15, 0.2) is 9.84 Å². The minimum absolute atomic E-state index is 0.276. The van der Waals surface area contributed by atoms with E-state index in [2.05, 4.69) is 15.3 Å². The van der Waals surface area contributed by atoms with Crippen LogP contribution in [0.3, 0.4) is 0 Å². The summed E-state index contributed by atoms with van der Waals surface area (Å²) >= 11 is 0. The molecule has 0 unspecified atom stereocenters. The van der Waals surface area contributed by atoms with Gasteiger partial charge in [-0.15, -0.1) is 0 Å². The second kappa shape index (κ2) is 7.45. The van der Waals surface area contributed by atoms with Crippen LogP contribution in [-0.2, 0) is 21.1 Å². The molecule has 1 fully saturated rings. The smallest absolute Gasteiger partial charge is 0.181 e. The SMILES string of the molecule is O=S(=O)(c1ccc2nccc(NC3=NCc4ccc(F)cc43)c2c1)C1CCOCC1. The van der Waals surface area contributed by atoms with Crippen molar-refractivity contribution in [1.29, 1.82) is 0 Å². The second-order valence-corrected chi connectivity index (χ2v) is 9.71. The highest BCUT2D eigenvalue weighted by molar-refractivity contribution is 7.92. The first kappa shape index (κ1) is 19.1. The van der Waals surface area contributed by atoms with Gasteiger partial charge in [0.25, 0.3) is 0 Å². The summed E-state index contributed by atoms with van der Waals surface area (Å²) in [6, 6.07) is 11.4. The van der Waals surface area contributed by atoms with Crippen molar-refractivity contribution in [3.8, 4) is 0 Å². The highest BCUT2D eigenvalue weighted by atomic mass is 32.2. The normalized spacial score (nSPS) is 17.0. The topological polar surface area (TPSA) is 80.7 Å². The first-order valence-corrected chi connectivity index (χ1v) is 11.4. The fraction of sp³-hybridized carbons (Fsp3) is 0.273. The molecule has 1 saturated heterocycles. The third-order valence-electron chi connectivity index (χ3n) is 5.64. The largest absolute Gasteiger partial charge is 0.381 e. The van der Waals surface area contributed by atoms with Crippen molar-refractivity contribution in [2.45, 2.75) is 29.5 Å². The van der Waals surface area contributed by atoms with E-state index in [1.54, 1.807) is 36.5 Å². The number of nitrogens with one attached hydrogen (secondary N) is 1. The lowest BCUT2D eigenvalue weighted by atomic mass is 10.1. The Hall–Kier alpha value is -2.84. The van der Waals surface area contributed by atoms with Gasteiger partial charge in [-0.3, -0.25) is 9.98 Å². The zero-order valence-electron chi connectivity index (χ0n) is 16.1. The van der Waals surface area contributed by atoms with Crippen molar-refractivity contribution in [3.63, 3.8) is 0 Å². The molecule has 0 aliphatic carbocycles. The zero-order valence-corrected chi connectivity index (χ0v) is 17.0. The molecule has 5 rings (SSSR count). The van der Waals surface area contributed by atoms with Crippen molar-refractivity contribution in [2.75, 3.05) is 18.5 Å². The number of aromatic nitrogens is 1. The fourth-order valence-corrected chi connectivity index (χ4v) is 5.72. The molecular formula is C22H20FN3O3S. The molecule has 1 N–H and O–H groups in total. The van der Waals surface area contributed by atoms with E-state index < -0.39 is 15.1 Å². The first-order chi connectivity index (χ1) is 14.5. The van der Waals surface area contributed by atoms with E-state index in [-0.39, 0.29) is 10.7 Å². The van der Waals surface area contributed by atoms with Gasteiger partial charge in [-0.2, -0.15) is 0 Å². The molecule has 2 aromatic carbocycles. The number of aliphatic imine (C=N–C) groups is 1. The molecule has 154 valence electrons. The van der Waals surface area contributed by atoms with Gasteiger partial charge in [-0.25, -0.2) is 12.8 Å². The Bertz CT molecular complexity index is 1270. The van der Waals surface area contributed by atoms with Crippen molar-refractivity contribution >= 4 is 32.3 Å². The highest BCUT2D eigenvalue weighted by Gasteiger charge is 2.29. The van der Waals surface area contributed by atoms with E-state index in [9.17, 15) is 12.8 Å². The molecule has 3 aromatic rings. The van der Waals surface area contributed by atoms with E-state index in [1.165, 1.54) is 12.1 Å². The van der Waals surface area contributed by atoms with Gasteiger partial charge in [-0.05, 0) is 54.8 Å². The van der Waals surface area contributed by atoms with Gasteiger partial charge in [0.2, 0.25) is 0 Å². The van der Waals surface area contributed by atoms with Gasteiger partial charge < -0.3 is 10.1 Å². The highest BCUT2D eigenvalue weighted by Crippen LogP contribution is 2.30. The summed E-state index contributed by atoms with van der Waals surface area (Å²) in [5.74, 6) is 0.240. The summed E-state index contributed by atoms with van der Waals surface area (Å²) in [4.78, 5) is 9.11. The monoisotopic (exact) mass is 425 g/mol. The molecule has 8 heteroatoms. The molecule has 1 aromatic heterocycles. The summed E-state index contributed by atoms with van der Waals surface area (Å²) in [5, 5.41) is 3.49. The van der Waals surface area contributed by atoms with Crippen LogP contribution in [0.2, 0.25) is 0 Å². The number of pyridine rings is 1. The summed E-state index contributed by atoms with van der Waals surface area (Å²) in [6.07, 6.45) is 2.65. The van der Waals surface area contributed by atoms with Crippen molar-refractivity contribution in [3.05, 3.63) is 65.6 Å². The Morgan fingerprint density at radius 1 is 1.07 bits per heavy atom. The van der Waals surface area contributed by atoms with Crippen LogP contribution in [0.1, 0.15) is 24.0 Å². The predicted octanol–water partition coefficient (Wildman–Crippen LogP) is 3.70. The molecule has 0 saturated carbocycles. The standard InChI is InChI=1S/C22H20FN3O3S/c23-15-2-1-14-13-25-22(18(14)11-15)26-21-5-8-24-20-4-3-17(12-19(20)21)30(27,28)16-6-9-29-10-7-16/h1-5,8,11-12,16H,6-7,9-10,13H2,(H,24,25,26). The summed E-state index contributed by atoms with van der Waals surface area (Å²) < 4.78 is 45.3. The molecule has 0 atom stereocenters. The minimum atomic E-state index is -3.47. The van der Waals surface area contributed by atoms with Crippen LogP contribution in [0.4, 0.5) is 10.1 Å². The second-order valence-electron chi connectivity index (χ2n) is 7.49. The number of hydrogen-bond acceptors (Lipinski definition) is 6. The number of ether oxygens (including phenoxy) is 1. The lowest BCUT2D eigenvalue weighted by molar-refractivity contribution is 0.0983. The molecule has 3 heterocycles. The van der Waals surface area contributed by atoms with Gasteiger partial charge in [-0.1, -0.05) is 6.07 Å². The van der Waals surface area contributed by atoms with Crippen molar-refractivity contribution in [2.24, 2.45) is 4.99 Å². The van der Waals surface area contributed by atoms with Gasteiger partial charge in [0.1, 0.15) is 11.7 Å². The quantitative estimate of drug-likeness (QED) is 0.692. The molecule has 0 spiro atoms. The average molecular weight is 425 g/mol.